The van der Waals surface area contributed by atoms with Crippen LogP contribution < -0.4 is 26.6 Å². The third kappa shape index (κ3) is 21.3. The number of carbonyl (C=O) groups is 7. The first-order chi connectivity index (χ1) is 23.4. The molecular formula is C35H55N5O10. The monoisotopic (exact) mass is 705 g/mol. The van der Waals surface area contributed by atoms with Crippen LogP contribution in [0.25, 0.3) is 0 Å². The topological polar surface area (TPSA) is 207 Å². The Morgan fingerprint density at radius 3 is 1.90 bits per heavy atom. The molecule has 0 radical (unpaired) electrons. The fourth-order valence-electron chi connectivity index (χ4n) is 4.30. The largest absolute Gasteiger partial charge is 0.461 e. The van der Waals surface area contributed by atoms with Crippen molar-refractivity contribution in [1.82, 2.24) is 26.6 Å². The first-order valence-corrected chi connectivity index (χ1v) is 16.9. The summed E-state index contributed by atoms with van der Waals surface area (Å²) in [4.78, 5) is 88.2. The van der Waals surface area contributed by atoms with E-state index in [9.17, 15) is 33.6 Å². The number of benzene rings is 1. The van der Waals surface area contributed by atoms with Crippen molar-refractivity contribution >= 4 is 41.7 Å². The molecule has 0 fully saturated rings. The predicted molar refractivity (Wildman–Crippen MR) is 184 cm³/mol. The van der Waals surface area contributed by atoms with Crippen molar-refractivity contribution in [3.8, 4) is 0 Å². The maximum Gasteiger partial charge on any atom is 0.407 e. The average Bonchev–Trinajstić information content (AvgIpc) is 3.01. The number of alkyl carbamates (subject to hydrolysis) is 1. The molecule has 0 aliphatic rings. The van der Waals surface area contributed by atoms with Gasteiger partial charge >= 0.3 is 18.0 Å². The minimum atomic E-state index is -1.28. The van der Waals surface area contributed by atoms with E-state index in [1.807, 2.05) is 6.07 Å². The SMILES string of the molecule is CCNC(=O)CCC(=O)NC(CCCCNC(=O)OC(C)(C)C)C(=O)NC(CCC(=O)OCc1ccccc1)C(=O)NCC(=O)OC(C)(C)C. The van der Waals surface area contributed by atoms with Crippen molar-refractivity contribution in [2.24, 2.45) is 0 Å². The van der Waals surface area contributed by atoms with Crippen molar-refractivity contribution in [2.75, 3.05) is 19.6 Å². The minimum absolute atomic E-state index is 0.0225. The van der Waals surface area contributed by atoms with Gasteiger partial charge in [0.25, 0.3) is 0 Å². The van der Waals surface area contributed by atoms with Crippen LogP contribution in [0.2, 0.25) is 0 Å². The summed E-state index contributed by atoms with van der Waals surface area (Å²) in [6, 6.07) is 6.61. The van der Waals surface area contributed by atoms with Gasteiger partial charge in [0, 0.05) is 32.4 Å². The predicted octanol–water partition coefficient (Wildman–Crippen LogP) is 2.55. The zero-order valence-corrected chi connectivity index (χ0v) is 30.4. The lowest BCUT2D eigenvalue weighted by Gasteiger charge is -2.24. The highest BCUT2D eigenvalue weighted by Gasteiger charge is 2.28. The van der Waals surface area contributed by atoms with Gasteiger partial charge in [-0.15, -0.1) is 0 Å². The van der Waals surface area contributed by atoms with Crippen LogP contribution in [0.5, 0.6) is 0 Å². The van der Waals surface area contributed by atoms with Crippen LogP contribution in [0.3, 0.4) is 0 Å². The van der Waals surface area contributed by atoms with Gasteiger partial charge in [-0.05, 0) is 79.7 Å². The van der Waals surface area contributed by atoms with E-state index in [1.165, 1.54) is 0 Å². The average molecular weight is 706 g/mol. The van der Waals surface area contributed by atoms with Gasteiger partial charge in [-0.3, -0.25) is 28.8 Å². The number of ether oxygens (including phenoxy) is 3. The summed E-state index contributed by atoms with van der Waals surface area (Å²) >= 11 is 0. The maximum atomic E-state index is 13.6. The molecule has 0 heterocycles. The summed E-state index contributed by atoms with van der Waals surface area (Å²) in [5.41, 5.74) is -0.684. The number of unbranched alkanes of at least 4 members (excludes halogenated alkanes) is 1. The molecule has 1 rings (SSSR count). The lowest BCUT2D eigenvalue weighted by atomic mass is 10.1. The van der Waals surface area contributed by atoms with Crippen LogP contribution in [0.15, 0.2) is 30.3 Å². The molecule has 0 bridgehead atoms. The third-order valence-electron chi connectivity index (χ3n) is 6.53. The Hall–Kier alpha value is -4.69. The summed E-state index contributed by atoms with van der Waals surface area (Å²) in [5.74, 6) is -3.65. The van der Waals surface area contributed by atoms with E-state index in [0.717, 1.165) is 5.56 Å². The van der Waals surface area contributed by atoms with Crippen LogP contribution in [0.1, 0.15) is 99.0 Å². The standard InChI is InChI=1S/C35H55N5O10/c1-8-36-27(41)18-19-28(42)39-25(16-12-13-21-37-33(47)50-35(5,6)7)32(46)40-26(31(45)38-22-30(44)49-34(2,3)4)17-20-29(43)48-23-24-14-10-9-11-15-24/h9-11,14-15,25-26H,8,12-13,16-23H2,1-7H3,(H,36,41)(H,37,47)(H,38,45)(H,39,42)(H,40,46). The molecule has 15 nitrogen and oxygen atoms in total. The van der Waals surface area contributed by atoms with E-state index < -0.39 is 65.6 Å². The molecule has 15 heteroatoms. The summed E-state index contributed by atoms with van der Waals surface area (Å²) in [5, 5.41) is 12.9. The van der Waals surface area contributed by atoms with Gasteiger partial charge in [0.05, 0.1) is 0 Å². The van der Waals surface area contributed by atoms with Crippen LogP contribution in [0, 0.1) is 0 Å². The minimum Gasteiger partial charge on any atom is -0.461 e. The molecule has 0 aliphatic heterocycles. The number of amides is 5. The molecule has 0 saturated heterocycles. The van der Waals surface area contributed by atoms with E-state index in [-0.39, 0.29) is 51.2 Å². The van der Waals surface area contributed by atoms with Gasteiger partial charge in [0.15, 0.2) is 0 Å². The van der Waals surface area contributed by atoms with Crippen LogP contribution in [-0.4, -0.2) is 84.6 Å². The van der Waals surface area contributed by atoms with E-state index >= 15 is 0 Å². The van der Waals surface area contributed by atoms with Gasteiger partial charge in [0.2, 0.25) is 23.6 Å². The number of esters is 2. The van der Waals surface area contributed by atoms with Gasteiger partial charge < -0.3 is 40.8 Å². The zero-order chi connectivity index (χ0) is 37.7. The van der Waals surface area contributed by atoms with Crippen molar-refractivity contribution in [3.05, 3.63) is 35.9 Å². The second-order valence-corrected chi connectivity index (χ2v) is 13.5. The zero-order valence-electron chi connectivity index (χ0n) is 30.4. The highest BCUT2D eigenvalue weighted by Crippen LogP contribution is 2.10. The Balaban J connectivity index is 3.00. The lowest BCUT2D eigenvalue weighted by Crippen LogP contribution is -2.54. The molecule has 5 amide bonds. The number of hydrogen-bond acceptors (Lipinski definition) is 10. The molecular weight excluding hydrogens is 650 g/mol. The lowest BCUT2D eigenvalue weighted by molar-refractivity contribution is -0.154. The Bertz CT molecular complexity index is 1270. The van der Waals surface area contributed by atoms with Gasteiger partial charge in [-0.1, -0.05) is 30.3 Å². The number of hydrogen-bond donors (Lipinski definition) is 5. The normalized spacial score (nSPS) is 12.4. The van der Waals surface area contributed by atoms with E-state index in [2.05, 4.69) is 26.6 Å². The summed E-state index contributed by atoms with van der Waals surface area (Å²) in [6.07, 6.45) is -0.323. The maximum absolute atomic E-state index is 13.6. The number of nitrogens with one attached hydrogen (secondary N) is 5. The fraction of sp³-hybridized carbons (Fsp3) is 0.629. The molecule has 0 spiro atoms. The second-order valence-electron chi connectivity index (χ2n) is 13.5. The quantitative estimate of drug-likeness (QED) is 0.0761. The summed E-state index contributed by atoms with van der Waals surface area (Å²) in [7, 11) is 0. The third-order valence-corrected chi connectivity index (χ3v) is 6.53. The number of rotatable bonds is 20. The fourth-order valence-corrected chi connectivity index (χ4v) is 4.30. The van der Waals surface area contributed by atoms with Crippen molar-refractivity contribution < 1.29 is 47.8 Å². The molecule has 0 aliphatic carbocycles. The highest BCUT2D eigenvalue weighted by atomic mass is 16.6. The molecule has 2 atom stereocenters. The van der Waals surface area contributed by atoms with Crippen LogP contribution in [-0.2, 0) is 49.6 Å². The number of carbonyl (C=O) groups excluding carboxylic acids is 7. The molecule has 280 valence electrons. The van der Waals surface area contributed by atoms with Crippen molar-refractivity contribution in [1.29, 1.82) is 0 Å². The van der Waals surface area contributed by atoms with Gasteiger partial charge in [0.1, 0.15) is 36.4 Å². The summed E-state index contributed by atoms with van der Waals surface area (Å²) < 4.78 is 15.8. The molecule has 1 aromatic carbocycles. The van der Waals surface area contributed by atoms with Crippen molar-refractivity contribution in [3.63, 3.8) is 0 Å². The Morgan fingerprint density at radius 2 is 1.28 bits per heavy atom. The molecule has 0 aromatic heterocycles. The second kappa shape index (κ2) is 22.1. The van der Waals surface area contributed by atoms with Crippen LogP contribution in [0.4, 0.5) is 4.79 Å². The molecule has 50 heavy (non-hydrogen) atoms. The highest BCUT2D eigenvalue weighted by molar-refractivity contribution is 5.93. The summed E-state index contributed by atoms with van der Waals surface area (Å²) in [6.45, 7) is 12.2. The van der Waals surface area contributed by atoms with E-state index in [0.29, 0.717) is 19.4 Å². The Kier molecular flexibility index (Phi) is 19.2. The Morgan fingerprint density at radius 1 is 0.660 bits per heavy atom. The smallest absolute Gasteiger partial charge is 0.407 e. The van der Waals surface area contributed by atoms with E-state index in [1.54, 1.807) is 72.7 Å². The molecule has 1 aromatic rings. The van der Waals surface area contributed by atoms with Crippen molar-refractivity contribution in [2.45, 2.75) is 123 Å². The Labute approximate surface area is 294 Å². The van der Waals surface area contributed by atoms with Gasteiger partial charge in [-0.2, -0.15) is 0 Å². The molecule has 2 unspecified atom stereocenters. The van der Waals surface area contributed by atoms with E-state index in [4.69, 9.17) is 14.2 Å². The molecule has 5 N–H and O–H groups in total. The first kappa shape index (κ1) is 43.3. The first-order valence-electron chi connectivity index (χ1n) is 16.9. The van der Waals surface area contributed by atoms with Gasteiger partial charge in [-0.25, -0.2) is 4.79 Å². The molecule has 0 saturated carbocycles. The van der Waals surface area contributed by atoms with Crippen LogP contribution >= 0.6 is 0 Å².